The van der Waals surface area contributed by atoms with Crippen molar-refractivity contribution < 1.29 is 4.74 Å². The van der Waals surface area contributed by atoms with E-state index in [2.05, 4.69) is 44.4 Å². The van der Waals surface area contributed by atoms with Gasteiger partial charge >= 0.3 is 0 Å². The van der Waals surface area contributed by atoms with Crippen LogP contribution in [-0.2, 0) is 4.74 Å². The van der Waals surface area contributed by atoms with E-state index in [1.165, 1.54) is 48.8 Å². The number of benzene rings is 1. The molecule has 0 radical (unpaired) electrons. The van der Waals surface area contributed by atoms with E-state index < -0.39 is 0 Å². The van der Waals surface area contributed by atoms with Crippen LogP contribution in [0.4, 0.5) is 0 Å². The molecule has 2 heteroatoms. The zero-order valence-corrected chi connectivity index (χ0v) is 12.5. The summed E-state index contributed by atoms with van der Waals surface area (Å²) in [4.78, 5) is 0. The van der Waals surface area contributed by atoms with Crippen LogP contribution >= 0.6 is 0 Å². The van der Waals surface area contributed by atoms with E-state index in [0.717, 1.165) is 6.61 Å². The molecule has 106 valence electrons. The molecule has 2 rings (SSSR count). The fraction of sp³-hybridized carbons (Fsp3) is 0.647. The van der Waals surface area contributed by atoms with Crippen LogP contribution in [0, 0.1) is 13.8 Å². The third kappa shape index (κ3) is 3.80. The van der Waals surface area contributed by atoms with Crippen LogP contribution < -0.4 is 5.32 Å². The van der Waals surface area contributed by atoms with Gasteiger partial charge in [0.05, 0.1) is 6.10 Å². The summed E-state index contributed by atoms with van der Waals surface area (Å²) in [6.07, 6.45) is 6.68. The van der Waals surface area contributed by atoms with Gasteiger partial charge in [-0.3, -0.25) is 0 Å². The molecule has 2 nitrogen and oxygen atoms in total. The molecule has 1 aromatic carbocycles. The summed E-state index contributed by atoms with van der Waals surface area (Å²) in [5, 5.41) is 3.47. The Morgan fingerprint density at radius 1 is 1.37 bits per heavy atom. The highest BCUT2D eigenvalue weighted by molar-refractivity contribution is 5.35. The maximum absolute atomic E-state index is 5.70. The van der Waals surface area contributed by atoms with E-state index in [0.29, 0.717) is 12.1 Å². The SMILES string of the molecule is CNC(CCCC1CCCO1)c1cccc(C)c1C. The summed E-state index contributed by atoms with van der Waals surface area (Å²) < 4.78 is 5.70. The third-order valence-corrected chi connectivity index (χ3v) is 4.41. The van der Waals surface area contributed by atoms with E-state index >= 15 is 0 Å². The number of aryl methyl sites for hydroxylation is 1. The van der Waals surface area contributed by atoms with Gasteiger partial charge in [0, 0.05) is 12.6 Å². The van der Waals surface area contributed by atoms with Gasteiger partial charge in [-0.2, -0.15) is 0 Å². The summed E-state index contributed by atoms with van der Waals surface area (Å²) in [5.41, 5.74) is 4.27. The minimum absolute atomic E-state index is 0.473. The first-order valence-corrected chi connectivity index (χ1v) is 7.57. The Kier molecular flexibility index (Phi) is 5.41. The van der Waals surface area contributed by atoms with E-state index in [-0.39, 0.29) is 0 Å². The van der Waals surface area contributed by atoms with Crippen LogP contribution in [0.5, 0.6) is 0 Å². The van der Waals surface area contributed by atoms with E-state index in [1.807, 2.05) is 0 Å². The zero-order valence-electron chi connectivity index (χ0n) is 12.5. The molecular weight excluding hydrogens is 234 g/mol. The van der Waals surface area contributed by atoms with Crippen LogP contribution in [0.2, 0.25) is 0 Å². The van der Waals surface area contributed by atoms with Crippen LogP contribution in [-0.4, -0.2) is 19.8 Å². The lowest BCUT2D eigenvalue weighted by molar-refractivity contribution is 0.101. The van der Waals surface area contributed by atoms with Crippen molar-refractivity contribution in [2.24, 2.45) is 0 Å². The maximum Gasteiger partial charge on any atom is 0.0576 e. The number of rotatable bonds is 6. The van der Waals surface area contributed by atoms with Gasteiger partial charge in [0.1, 0.15) is 0 Å². The molecule has 1 aliphatic rings. The molecule has 19 heavy (non-hydrogen) atoms. The fourth-order valence-corrected chi connectivity index (χ4v) is 3.03. The molecule has 0 aliphatic carbocycles. The topological polar surface area (TPSA) is 21.3 Å². The molecule has 1 heterocycles. The van der Waals surface area contributed by atoms with Crippen LogP contribution in [0.1, 0.15) is 54.8 Å². The minimum atomic E-state index is 0.473. The first kappa shape index (κ1) is 14.5. The van der Waals surface area contributed by atoms with Gasteiger partial charge in [0.15, 0.2) is 0 Å². The highest BCUT2D eigenvalue weighted by Crippen LogP contribution is 2.26. The van der Waals surface area contributed by atoms with Gasteiger partial charge < -0.3 is 10.1 Å². The summed E-state index contributed by atoms with van der Waals surface area (Å²) >= 11 is 0. The second kappa shape index (κ2) is 7.06. The molecule has 1 aromatic rings. The predicted octanol–water partition coefficient (Wildman–Crippen LogP) is 3.91. The van der Waals surface area contributed by atoms with Crippen LogP contribution in [0.15, 0.2) is 18.2 Å². The summed E-state index contributed by atoms with van der Waals surface area (Å²) in [6.45, 7) is 5.39. The van der Waals surface area contributed by atoms with Gasteiger partial charge in [0.2, 0.25) is 0 Å². The molecule has 1 aliphatic heterocycles. The number of nitrogens with one attached hydrogen (secondary N) is 1. The lowest BCUT2D eigenvalue weighted by Crippen LogP contribution is -2.18. The molecule has 1 saturated heterocycles. The van der Waals surface area contributed by atoms with Gasteiger partial charge in [-0.05, 0) is 69.7 Å². The minimum Gasteiger partial charge on any atom is -0.378 e. The predicted molar refractivity (Wildman–Crippen MR) is 80.5 cm³/mol. The molecule has 1 fully saturated rings. The van der Waals surface area contributed by atoms with Crippen LogP contribution in [0.25, 0.3) is 0 Å². The Morgan fingerprint density at radius 2 is 2.21 bits per heavy atom. The molecule has 2 unspecified atom stereocenters. The summed E-state index contributed by atoms with van der Waals surface area (Å²) in [5.74, 6) is 0. The Morgan fingerprint density at radius 3 is 2.89 bits per heavy atom. The van der Waals surface area contributed by atoms with Crippen molar-refractivity contribution in [2.45, 2.75) is 58.1 Å². The quantitative estimate of drug-likeness (QED) is 0.838. The molecule has 0 amide bonds. The standard InChI is InChI=1S/C17H27NO/c1-13-7-4-10-16(14(13)2)17(18-3)11-5-8-15-9-6-12-19-15/h4,7,10,15,17-18H,5-6,8-9,11-12H2,1-3H3. The smallest absolute Gasteiger partial charge is 0.0576 e. The monoisotopic (exact) mass is 261 g/mol. The Balaban J connectivity index is 1.90. The maximum atomic E-state index is 5.70. The average Bonchev–Trinajstić information content (AvgIpc) is 2.92. The van der Waals surface area contributed by atoms with Gasteiger partial charge in [-0.25, -0.2) is 0 Å². The Hall–Kier alpha value is -0.860. The molecule has 0 aromatic heterocycles. The average molecular weight is 261 g/mol. The highest BCUT2D eigenvalue weighted by atomic mass is 16.5. The van der Waals surface area contributed by atoms with Gasteiger partial charge in [0.25, 0.3) is 0 Å². The van der Waals surface area contributed by atoms with Gasteiger partial charge in [-0.1, -0.05) is 18.2 Å². The molecular formula is C17H27NO. The van der Waals surface area contributed by atoms with Crippen molar-refractivity contribution in [1.29, 1.82) is 0 Å². The second-order valence-electron chi connectivity index (χ2n) is 5.70. The van der Waals surface area contributed by atoms with Crippen molar-refractivity contribution in [2.75, 3.05) is 13.7 Å². The summed E-state index contributed by atoms with van der Waals surface area (Å²) in [6, 6.07) is 7.09. The van der Waals surface area contributed by atoms with E-state index in [4.69, 9.17) is 4.74 Å². The van der Waals surface area contributed by atoms with Crippen LogP contribution in [0.3, 0.4) is 0 Å². The number of ether oxygens (including phenoxy) is 1. The van der Waals surface area contributed by atoms with E-state index in [9.17, 15) is 0 Å². The number of hydrogen-bond acceptors (Lipinski definition) is 2. The fourth-order valence-electron chi connectivity index (χ4n) is 3.03. The van der Waals surface area contributed by atoms with Crippen molar-refractivity contribution in [3.8, 4) is 0 Å². The molecule has 0 saturated carbocycles. The van der Waals surface area contributed by atoms with Crippen molar-refractivity contribution in [1.82, 2.24) is 5.32 Å². The Bertz CT molecular complexity index is 396. The third-order valence-electron chi connectivity index (χ3n) is 4.41. The largest absolute Gasteiger partial charge is 0.378 e. The first-order valence-electron chi connectivity index (χ1n) is 7.57. The molecule has 0 spiro atoms. The highest BCUT2D eigenvalue weighted by Gasteiger charge is 2.17. The second-order valence-corrected chi connectivity index (χ2v) is 5.70. The van der Waals surface area contributed by atoms with E-state index in [1.54, 1.807) is 0 Å². The summed E-state index contributed by atoms with van der Waals surface area (Å²) in [7, 11) is 2.07. The first-order chi connectivity index (χ1) is 9.22. The lowest BCUT2D eigenvalue weighted by Gasteiger charge is -2.20. The van der Waals surface area contributed by atoms with Crippen molar-refractivity contribution in [3.63, 3.8) is 0 Å². The van der Waals surface area contributed by atoms with Gasteiger partial charge in [-0.15, -0.1) is 0 Å². The zero-order chi connectivity index (χ0) is 13.7. The molecule has 2 atom stereocenters. The normalized spacial score (nSPS) is 20.7. The number of hydrogen-bond donors (Lipinski definition) is 1. The van der Waals surface area contributed by atoms with Crippen molar-refractivity contribution in [3.05, 3.63) is 34.9 Å². The lowest BCUT2D eigenvalue weighted by atomic mass is 9.93. The molecule has 0 bridgehead atoms. The molecule has 1 N–H and O–H groups in total. The Labute approximate surface area is 117 Å². The van der Waals surface area contributed by atoms with Crippen molar-refractivity contribution >= 4 is 0 Å².